The molecule has 1 aromatic heterocycles. The fourth-order valence-electron chi connectivity index (χ4n) is 4.36. The smallest absolute Gasteiger partial charge is 0.248 e. The minimum Gasteiger partial charge on any atom is -0.497 e. The van der Waals surface area contributed by atoms with Crippen molar-refractivity contribution < 1.29 is 13.9 Å². The Labute approximate surface area is 183 Å². The molecule has 2 aliphatic rings. The van der Waals surface area contributed by atoms with Crippen LogP contribution < -0.4 is 14.8 Å². The van der Waals surface area contributed by atoms with E-state index in [9.17, 15) is 4.39 Å². The maximum Gasteiger partial charge on any atom is 0.248 e. The number of benzene rings is 3. The van der Waals surface area contributed by atoms with E-state index < -0.39 is 6.10 Å². The minimum atomic E-state index is -0.461. The van der Waals surface area contributed by atoms with Gasteiger partial charge in [0.2, 0.25) is 5.95 Å². The molecular weight excluding hydrogens is 409 g/mol. The lowest BCUT2D eigenvalue weighted by Crippen LogP contribution is -2.32. The number of hydrogen-bond acceptors (Lipinski definition) is 6. The highest BCUT2D eigenvalue weighted by Gasteiger charge is 2.41. The third kappa shape index (κ3) is 2.84. The molecule has 2 atom stereocenters. The number of ether oxygens (including phenoxy) is 2. The summed E-state index contributed by atoms with van der Waals surface area (Å²) in [6.45, 7) is 0. The SMILES string of the molecule is COc1ccc([C@@H]2C3=C(Nc4nnnn42)c2ccccc2O[C@H]3c2ccc(F)cc2)cc1. The van der Waals surface area contributed by atoms with Gasteiger partial charge in [0, 0.05) is 11.1 Å². The molecule has 7 nitrogen and oxygen atoms in total. The van der Waals surface area contributed by atoms with E-state index in [2.05, 4.69) is 20.8 Å². The van der Waals surface area contributed by atoms with Gasteiger partial charge in [0.05, 0.1) is 12.8 Å². The highest BCUT2D eigenvalue weighted by atomic mass is 19.1. The zero-order chi connectivity index (χ0) is 21.7. The van der Waals surface area contributed by atoms with E-state index >= 15 is 0 Å². The largest absolute Gasteiger partial charge is 0.497 e. The molecule has 0 spiro atoms. The predicted octanol–water partition coefficient (Wildman–Crippen LogP) is 4.38. The maximum absolute atomic E-state index is 13.7. The van der Waals surface area contributed by atoms with E-state index in [4.69, 9.17) is 9.47 Å². The van der Waals surface area contributed by atoms with E-state index in [1.807, 2.05) is 48.5 Å². The van der Waals surface area contributed by atoms with E-state index in [1.165, 1.54) is 12.1 Å². The van der Waals surface area contributed by atoms with Crippen molar-refractivity contribution in [1.82, 2.24) is 20.2 Å². The summed E-state index contributed by atoms with van der Waals surface area (Å²) < 4.78 is 27.3. The number of para-hydroxylation sites is 1. The van der Waals surface area contributed by atoms with Gasteiger partial charge < -0.3 is 14.8 Å². The van der Waals surface area contributed by atoms with Gasteiger partial charge in [-0.2, -0.15) is 4.68 Å². The number of hydrogen-bond donors (Lipinski definition) is 1. The number of methoxy groups -OCH3 is 1. The zero-order valence-corrected chi connectivity index (χ0v) is 17.1. The first-order valence-corrected chi connectivity index (χ1v) is 10.2. The Hall–Kier alpha value is -4.20. The van der Waals surface area contributed by atoms with Crippen LogP contribution in [0.15, 0.2) is 78.4 Å². The van der Waals surface area contributed by atoms with Crippen LogP contribution in [0.2, 0.25) is 0 Å². The fraction of sp³-hybridized carbons (Fsp3) is 0.125. The predicted molar refractivity (Wildman–Crippen MR) is 116 cm³/mol. The number of rotatable bonds is 3. The normalized spacial score (nSPS) is 18.7. The second-order valence-electron chi connectivity index (χ2n) is 7.62. The molecule has 1 N–H and O–H groups in total. The molecule has 158 valence electrons. The number of halogens is 1. The lowest BCUT2D eigenvalue weighted by molar-refractivity contribution is 0.222. The molecule has 0 aliphatic carbocycles. The van der Waals surface area contributed by atoms with Gasteiger partial charge >= 0.3 is 0 Å². The Morgan fingerprint density at radius 1 is 0.969 bits per heavy atom. The van der Waals surface area contributed by atoms with Crippen molar-refractivity contribution in [3.05, 3.63) is 101 Å². The first-order valence-electron chi connectivity index (χ1n) is 10.2. The van der Waals surface area contributed by atoms with Gasteiger partial charge in [-0.15, -0.1) is 0 Å². The Bertz CT molecular complexity index is 1330. The van der Waals surface area contributed by atoms with Gasteiger partial charge in [0.1, 0.15) is 29.5 Å². The van der Waals surface area contributed by atoms with Crippen molar-refractivity contribution in [2.75, 3.05) is 12.4 Å². The summed E-state index contributed by atoms with van der Waals surface area (Å²) in [4.78, 5) is 0. The number of nitrogens with zero attached hydrogens (tertiary/aromatic N) is 4. The van der Waals surface area contributed by atoms with Crippen molar-refractivity contribution in [3.8, 4) is 11.5 Å². The van der Waals surface area contributed by atoms with Crippen LogP contribution in [0.3, 0.4) is 0 Å². The standard InChI is InChI=1S/C24H18FN5O2/c1-31-17-12-8-14(9-13-17)22-20-21(26-24-27-28-29-30(22)24)18-4-2-3-5-19(18)32-23(20)15-6-10-16(25)11-7-15/h2-13,22-23H,1H3,(H,26,27,29)/t22-,23+/m1/s1. The lowest BCUT2D eigenvalue weighted by Gasteiger charge is -2.38. The highest BCUT2D eigenvalue weighted by molar-refractivity contribution is 5.85. The van der Waals surface area contributed by atoms with Crippen LogP contribution in [0.1, 0.15) is 28.8 Å². The van der Waals surface area contributed by atoms with Crippen molar-refractivity contribution in [3.63, 3.8) is 0 Å². The number of tetrazole rings is 1. The zero-order valence-electron chi connectivity index (χ0n) is 17.1. The Morgan fingerprint density at radius 3 is 2.50 bits per heavy atom. The Morgan fingerprint density at radius 2 is 1.72 bits per heavy atom. The molecule has 2 aliphatic heterocycles. The molecule has 4 aromatic rings. The lowest BCUT2D eigenvalue weighted by atomic mass is 9.84. The third-order valence-corrected chi connectivity index (χ3v) is 5.85. The Balaban J connectivity index is 1.60. The van der Waals surface area contributed by atoms with Crippen LogP contribution in [0, 0.1) is 5.82 Å². The second-order valence-corrected chi connectivity index (χ2v) is 7.62. The molecule has 3 aromatic carbocycles. The van der Waals surface area contributed by atoms with Crippen LogP contribution in [-0.2, 0) is 0 Å². The summed E-state index contributed by atoms with van der Waals surface area (Å²) in [7, 11) is 1.64. The summed E-state index contributed by atoms with van der Waals surface area (Å²) in [6.07, 6.45) is -0.461. The molecule has 0 amide bonds. The highest BCUT2D eigenvalue weighted by Crippen LogP contribution is 2.50. The molecule has 3 heterocycles. The summed E-state index contributed by atoms with van der Waals surface area (Å²) in [5, 5.41) is 15.7. The molecule has 6 rings (SSSR count). The third-order valence-electron chi connectivity index (χ3n) is 5.85. The molecule has 32 heavy (non-hydrogen) atoms. The van der Waals surface area contributed by atoms with E-state index in [1.54, 1.807) is 23.9 Å². The summed E-state index contributed by atoms with van der Waals surface area (Å²) in [5.74, 6) is 1.74. The van der Waals surface area contributed by atoms with Crippen molar-refractivity contribution >= 4 is 11.6 Å². The van der Waals surface area contributed by atoms with Gasteiger partial charge in [-0.25, -0.2) is 4.39 Å². The molecule has 0 radical (unpaired) electrons. The van der Waals surface area contributed by atoms with Crippen molar-refractivity contribution in [2.45, 2.75) is 12.1 Å². The first kappa shape index (κ1) is 18.6. The molecule has 8 heteroatoms. The van der Waals surface area contributed by atoms with Gasteiger partial charge in [0.15, 0.2) is 0 Å². The quantitative estimate of drug-likeness (QED) is 0.523. The molecular formula is C24H18FN5O2. The number of anilines is 1. The van der Waals surface area contributed by atoms with Crippen molar-refractivity contribution in [2.24, 2.45) is 0 Å². The fourth-order valence-corrected chi connectivity index (χ4v) is 4.36. The Kier molecular flexibility index (Phi) is 4.17. The molecule has 0 fully saturated rings. The van der Waals surface area contributed by atoms with Crippen LogP contribution in [-0.4, -0.2) is 27.3 Å². The van der Waals surface area contributed by atoms with Crippen molar-refractivity contribution in [1.29, 1.82) is 0 Å². The maximum atomic E-state index is 13.7. The van der Waals surface area contributed by atoms with Gasteiger partial charge in [0.25, 0.3) is 0 Å². The monoisotopic (exact) mass is 427 g/mol. The molecule has 0 saturated carbocycles. The minimum absolute atomic E-state index is 0.296. The molecule has 0 saturated heterocycles. The van der Waals surface area contributed by atoms with Crippen LogP contribution in [0.25, 0.3) is 5.70 Å². The van der Waals surface area contributed by atoms with Crippen LogP contribution in [0.5, 0.6) is 11.5 Å². The van der Waals surface area contributed by atoms with Crippen LogP contribution in [0.4, 0.5) is 10.3 Å². The van der Waals surface area contributed by atoms with E-state index in [0.717, 1.165) is 39.5 Å². The van der Waals surface area contributed by atoms with E-state index in [-0.39, 0.29) is 11.9 Å². The topological polar surface area (TPSA) is 74.1 Å². The average molecular weight is 427 g/mol. The van der Waals surface area contributed by atoms with Gasteiger partial charge in [-0.3, -0.25) is 0 Å². The number of fused-ring (bicyclic) bond motifs is 3. The molecule has 0 unspecified atom stereocenters. The number of nitrogens with one attached hydrogen (secondary N) is 1. The average Bonchev–Trinajstić information content (AvgIpc) is 3.31. The summed E-state index contributed by atoms with van der Waals surface area (Å²) >= 11 is 0. The number of aromatic nitrogens is 4. The van der Waals surface area contributed by atoms with Crippen LogP contribution >= 0.6 is 0 Å². The summed E-state index contributed by atoms with van der Waals surface area (Å²) in [5.41, 5.74) is 4.58. The van der Waals surface area contributed by atoms with E-state index in [0.29, 0.717) is 5.95 Å². The first-order chi connectivity index (χ1) is 15.7. The molecule has 0 bridgehead atoms. The second kappa shape index (κ2) is 7.19. The van der Waals surface area contributed by atoms with Gasteiger partial charge in [-0.1, -0.05) is 41.5 Å². The summed E-state index contributed by atoms with van der Waals surface area (Å²) in [6, 6.07) is 21.7. The van der Waals surface area contributed by atoms with Gasteiger partial charge in [-0.05, 0) is 58.0 Å².